The molecule has 0 aromatic carbocycles. The molecule has 21 heavy (non-hydrogen) atoms. The summed E-state index contributed by atoms with van der Waals surface area (Å²) in [4.78, 5) is 5.38. The highest BCUT2D eigenvalue weighted by atomic mass is 16.5. The Morgan fingerprint density at radius 2 is 1.71 bits per heavy atom. The van der Waals surface area contributed by atoms with E-state index in [9.17, 15) is 0 Å². The Hall–Kier alpha value is -0.120. The van der Waals surface area contributed by atoms with Crippen LogP contribution < -0.4 is 0 Å². The van der Waals surface area contributed by atoms with Crippen molar-refractivity contribution < 1.29 is 4.74 Å². The van der Waals surface area contributed by atoms with Crippen molar-refractivity contribution in [2.45, 2.75) is 84.5 Å². The van der Waals surface area contributed by atoms with Gasteiger partial charge in [-0.2, -0.15) is 0 Å². The minimum atomic E-state index is 0.532. The summed E-state index contributed by atoms with van der Waals surface area (Å²) in [5, 5.41) is 0. The number of rotatable bonds is 7. The summed E-state index contributed by atoms with van der Waals surface area (Å²) in [6.07, 6.45) is 5.78. The van der Waals surface area contributed by atoms with Crippen molar-refractivity contribution in [1.29, 1.82) is 0 Å². The third-order valence-electron chi connectivity index (χ3n) is 5.45. The van der Waals surface area contributed by atoms with Gasteiger partial charge in [-0.1, -0.05) is 0 Å². The maximum absolute atomic E-state index is 5.73. The molecule has 0 N–H and O–H groups in total. The molecule has 0 bridgehead atoms. The molecule has 1 saturated carbocycles. The molecule has 0 spiro atoms. The number of piperidine rings is 1. The normalized spacial score (nSPS) is 28.6. The van der Waals surface area contributed by atoms with E-state index >= 15 is 0 Å². The Labute approximate surface area is 132 Å². The quantitative estimate of drug-likeness (QED) is 0.716. The Bertz CT molecular complexity index is 292. The van der Waals surface area contributed by atoms with Gasteiger partial charge in [-0.15, -0.1) is 0 Å². The molecular weight excluding hydrogens is 260 g/mol. The maximum atomic E-state index is 5.73. The molecule has 1 saturated heterocycles. The van der Waals surface area contributed by atoms with Gasteiger partial charge in [0.25, 0.3) is 0 Å². The fourth-order valence-corrected chi connectivity index (χ4v) is 3.91. The Morgan fingerprint density at radius 1 is 1.10 bits per heavy atom. The summed E-state index contributed by atoms with van der Waals surface area (Å²) >= 11 is 0. The number of hydrogen-bond acceptors (Lipinski definition) is 3. The number of nitrogens with zero attached hydrogens (tertiary/aromatic N) is 2. The lowest BCUT2D eigenvalue weighted by molar-refractivity contribution is -0.0601. The molecule has 2 aliphatic rings. The third-order valence-corrected chi connectivity index (χ3v) is 5.45. The lowest BCUT2D eigenvalue weighted by atomic mass is 9.85. The molecule has 1 aliphatic carbocycles. The van der Waals surface area contributed by atoms with Gasteiger partial charge in [0.15, 0.2) is 0 Å². The van der Waals surface area contributed by atoms with Crippen LogP contribution >= 0.6 is 0 Å². The second-order valence-corrected chi connectivity index (χ2v) is 7.57. The summed E-state index contributed by atoms with van der Waals surface area (Å²) in [7, 11) is 0. The monoisotopic (exact) mass is 296 g/mol. The Morgan fingerprint density at radius 3 is 2.19 bits per heavy atom. The molecule has 3 nitrogen and oxygen atoms in total. The van der Waals surface area contributed by atoms with Gasteiger partial charge in [0.2, 0.25) is 0 Å². The van der Waals surface area contributed by atoms with Crippen molar-refractivity contribution in [2.75, 3.05) is 26.2 Å². The Kier molecular flexibility index (Phi) is 6.51. The van der Waals surface area contributed by atoms with E-state index in [1.807, 2.05) is 0 Å². The first-order chi connectivity index (χ1) is 10.0. The summed E-state index contributed by atoms with van der Waals surface area (Å²) in [6.45, 7) is 16.2. The lowest BCUT2D eigenvalue weighted by Gasteiger charge is -2.47. The van der Waals surface area contributed by atoms with E-state index in [0.717, 1.165) is 18.6 Å². The highest BCUT2D eigenvalue weighted by Crippen LogP contribution is 2.31. The molecule has 0 radical (unpaired) electrons. The minimum absolute atomic E-state index is 0.532. The molecule has 1 aliphatic heterocycles. The summed E-state index contributed by atoms with van der Waals surface area (Å²) in [6, 6.07) is 2.15. The molecular formula is C18H36N2O. The van der Waals surface area contributed by atoms with Crippen molar-refractivity contribution in [3.05, 3.63) is 0 Å². The first kappa shape index (κ1) is 17.2. The number of ether oxygens (including phenoxy) is 1. The predicted molar refractivity (Wildman–Crippen MR) is 89.7 cm³/mol. The van der Waals surface area contributed by atoms with Crippen LogP contribution in [0.3, 0.4) is 0 Å². The predicted octanol–water partition coefficient (Wildman–Crippen LogP) is 3.38. The summed E-state index contributed by atoms with van der Waals surface area (Å²) in [5.41, 5.74) is 0. The van der Waals surface area contributed by atoms with Crippen molar-refractivity contribution in [2.24, 2.45) is 5.92 Å². The standard InChI is InChI=1S/C18H36N2O/c1-6-21-18-11-17(12-18)20(15(4)5)13-16-7-9-19(10-8-16)14(2)3/h14-18H,6-13H2,1-5H3/t17-,18-. The lowest BCUT2D eigenvalue weighted by Crippen LogP contribution is -2.53. The third kappa shape index (κ3) is 4.67. The van der Waals surface area contributed by atoms with Crippen LogP contribution in [0.15, 0.2) is 0 Å². The molecule has 0 aromatic heterocycles. The van der Waals surface area contributed by atoms with Crippen LogP contribution in [0, 0.1) is 5.92 Å². The topological polar surface area (TPSA) is 15.7 Å². The van der Waals surface area contributed by atoms with Crippen molar-refractivity contribution in [3.8, 4) is 0 Å². The molecule has 1 heterocycles. The van der Waals surface area contributed by atoms with E-state index < -0.39 is 0 Å². The second kappa shape index (κ2) is 7.94. The van der Waals surface area contributed by atoms with Crippen LogP contribution in [0.1, 0.15) is 60.3 Å². The van der Waals surface area contributed by atoms with E-state index in [0.29, 0.717) is 18.2 Å². The molecule has 0 unspecified atom stereocenters. The van der Waals surface area contributed by atoms with Crippen LogP contribution in [-0.2, 0) is 4.74 Å². The molecule has 2 fully saturated rings. The average Bonchev–Trinajstić information content (AvgIpc) is 2.40. The molecule has 3 heteroatoms. The van der Waals surface area contributed by atoms with Crippen LogP contribution in [0.2, 0.25) is 0 Å². The van der Waals surface area contributed by atoms with Crippen LogP contribution in [0.5, 0.6) is 0 Å². The zero-order valence-corrected chi connectivity index (χ0v) is 14.8. The smallest absolute Gasteiger partial charge is 0.0604 e. The first-order valence-electron chi connectivity index (χ1n) is 9.12. The van der Waals surface area contributed by atoms with E-state index in [1.54, 1.807) is 0 Å². The van der Waals surface area contributed by atoms with Gasteiger partial charge < -0.3 is 9.64 Å². The summed E-state index contributed by atoms with van der Waals surface area (Å²) in [5.74, 6) is 0.897. The largest absolute Gasteiger partial charge is 0.378 e. The van der Waals surface area contributed by atoms with Gasteiger partial charge in [-0.3, -0.25) is 4.90 Å². The summed E-state index contributed by atoms with van der Waals surface area (Å²) < 4.78 is 5.73. The van der Waals surface area contributed by atoms with E-state index in [2.05, 4.69) is 44.4 Å². The fraction of sp³-hybridized carbons (Fsp3) is 1.00. The molecule has 124 valence electrons. The molecule has 0 aromatic rings. The van der Waals surface area contributed by atoms with Gasteiger partial charge in [0, 0.05) is 31.3 Å². The van der Waals surface area contributed by atoms with Crippen molar-refractivity contribution in [1.82, 2.24) is 9.80 Å². The first-order valence-corrected chi connectivity index (χ1v) is 9.12. The highest BCUT2D eigenvalue weighted by molar-refractivity contribution is 4.91. The van der Waals surface area contributed by atoms with Crippen molar-refractivity contribution >= 4 is 0 Å². The highest BCUT2D eigenvalue weighted by Gasteiger charge is 2.36. The zero-order chi connectivity index (χ0) is 15.4. The number of hydrogen-bond donors (Lipinski definition) is 0. The van der Waals surface area contributed by atoms with Gasteiger partial charge in [0.05, 0.1) is 6.10 Å². The van der Waals surface area contributed by atoms with Crippen LogP contribution in [0.25, 0.3) is 0 Å². The second-order valence-electron chi connectivity index (χ2n) is 7.57. The fourth-order valence-electron chi connectivity index (χ4n) is 3.91. The zero-order valence-electron chi connectivity index (χ0n) is 14.8. The molecule has 0 amide bonds. The van der Waals surface area contributed by atoms with E-state index in [4.69, 9.17) is 4.74 Å². The number of likely N-dealkylation sites (tertiary alicyclic amines) is 1. The van der Waals surface area contributed by atoms with Gasteiger partial charge >= 0.3 is 0 Å². The molecule has 0 atom stereocenters. The Balaban J connectivity index is 1.76. The maximum Gasteiger partial charge on any atom is 0.0604 e. The van der Waals surface area contributed by atoms with E-state index in [-0.39, 0.29) is 0 Å². The molecule has 2 rings (SSSR count). The van der Waals surface area contributed by atoms with Gasteiger partial charge in [-0.05, 0) is 79.3 Å². The van der Waals surface area contributed by atoms with Crippen molar-refractivity contribution in [3.63, 3.8) is 0 Å². The van der Waals surface area contributed by atoms with Crippen LogP contribution in [-0.4, -0.2) is 60.3 Å². The minimum Gasteiger partial charge on any atom is -0.378 e. The SMILES string of the molecule is CCO[C@H]1C[C@H](N(CC2CCN(C(C)C)CC2)C(C)C)C1. The van der Waals surface area contributed by atoms with Gasteiger partial charge in [0.1, 0.15) is 0 Å². The average molecular weight is 296 g/mol. The van der Waals surface area contributed by atoms with Crippen LogP contribution in [0.4, 0.5) is 0 Å². The van der Waals surface area contributed by atoms with E-state index in [1.165, 1.54) is 45.3 Å². The van der Waals surface area contributed by atoms with Gasteiger partial charge in [-0.25, -0.2) is 0 Å².